The molecule has 3 aromatic rings. The highest BCUT2D eigenvalue weighted by molar-refractivity contribution is 6.10. The van der Waals surface area contributed by atoms with E-state index in [1.165, 1.54) is 11.7 Å². The lowest BCUT2D eigenvalue weighted by Crippen LogP contribution is -2.35. The summed E-state index contributed by atoms with van der Waals surface area (Å²) in [5.74, 6) is 1.71. The molecule has 216 valence electrons. The lowest BCUT2D eigenvalue weighted by atomic mass is 9.92. The molecule has 1 unspecified atom stereocenters. The standard InChI is InChI=1S/C31H31N5O6/c1-18-32-27-22(10-8-12-25(27)36(18)30(40)42-31(2,3)4)34-29(39)19-13-14-23(20(17-37)28(19)41-5)35-16-15-26(38)33-21-9-6-7-11-24(21)35/h6-14,28H,15-16H2,1-5H3,(H,33,38)(H,34,39). The van der Waals surface area contributed by atoms with Gasteiger partial charge in [0.15, 0.2) is 0 Å². The van der Waals surface area contributed by atoms with Crippen LogP contribution in [0, 0.1) is 6.92 Å². The maximum Gasteiger partial charge on any atom is 0.420 e. The molecule has 5 rings (SSSR count). The number of imidazole rings is 1. The van der Waals surface area contributed by atoms with E-state index in [1.54, 1.807) is 64.1 Å². The van der Waals surface area contributed by atoms with Gasteiger partial charge in [0.05, 0.1) is 39.4 Å². The summed E-state index contributed by atoms with van der Waals surface area (Å²) in [6, 6.07) is 12.4. The van der Waals surface area contributed by atoms with Crippen LogP contribution in [0.5, 0.6) is 0 Å². The van der Waals surface area contributed by atoms with Crippen LogP contribution in [-0.4, -0.2) is 58.8 Å². The first-order chi connectivity index (χ1) is 20.0. The van der Waals surface area contributed by atoms with Gasteiger partial charge in [0, 0.05) is 20.1 Å². The highest BCUT2D eigenvalue weighted by Crippen LogP contribution is 2.37. The van der Waals surface area contributed by atoms with Crippen molar-refractivity contribution in [3.8, 4) is 0 Å². The van der Waals surface area contributed by atoms with Crippen molar-refractivity contribution in [2.45, 2.75) is 45.8 Å². The average Bonchev–Trinajstić information content (AvgIpc) is 3.19. The number of benzene rings is 2. The number of carbonyl (C=O) groups is 3. The first-order valence-electron chi connectivity index (χ1n) is 13.4. The van der Waals surface area contributed by atoms with Crippen molar-refractivity contribution in [2.24, 2.45) is 0 Å². The van der Waals surface area contributed by atoms with Gasteiger partial charge in [-0.3, -0.25) is 9.59 Å². The third-order valence-electron chi connectivity index (χ3n) is 6.85. The number of aromatic nitrogens is 2. The summed E-state index contributed by atoms with van der Waals surface area (Å²) in [6.45, 7) is 7.32. The van der Waals surface area contributed by atoms with E-state index < -0.39 is 23.7 Å². The second-order valence-corrected chi connectivity index (χ2v) is 10.9. The van der Waals surface area contributed by atoms with E-state index in [9.17, 15) is 19.2 Å². The van der Waals surface area contributed by atoms with E-state index in [2.05, 4.69) is 15.6 Å². The Morgan fingerprint density at radius 1 is 1.12 bits per heavy atom. The fourth-order valence-corrected chi connectivity index (χ4v) is 5.08. The minimum absolute atomic E-state index is 0.123. The molecule has 0 fully saturated rings. The van der Waals surface area contributed by atoms with Gasteiger partial charge < -0.3 is 25.0 Å². The molecule has 2 heterocycles. The number of nitrogens with zero attached hydrogens (tertiary/aromatic N) is 3. The maximum atomic E-state index is 13.6. The van der Waals surface area contributed by atoms with Crippen LogP contribution in [0.3, 0.4) is 0 Å². The molecule has 0 radical (unpaired) electrons. The number of hydrogen-bond donors (Lipinski definition) is 2. The SMILES string of the molecule is COC1C(=C=O)C(N2CCC(=O)Nc3ccccc32)=CC=C1C(=O)Nc1cccc2c1nc(C)n2C(=O)OC(C)(C)C. The normalized spacial score (nSPS) is 17.0. The number of rotatable bonds is 4. The van der Waals surface area contributed by atoms with Crippen molar-refractivity contribution in [3.63, 3.8) is 0 Å². The molecular weight excluding hydrogens is 538 g/mol. The number of para-hydroxylation sites is 3. The lowest BCUT2D eigenvalue weighted by molar-refractivity contribution is -0.116. The van der Waals surface area contributed by atoms with E-state index in [0.29, 0.717) is 46.2 Å². The van der Waals surface area contributed by atoms with Crippen LogP contribution in [0.15, 0.2) is 71.5 Å². The first kappa shape index (κ1) is 28.5. The Morgan fingerprint density at radius 3 is 2.60 bits per heavy atom. The lowest BCUT2D eigenvalue weighted by Gasteiger charge is -2.32. The Kier molecular flexibility index (Phi) is 7.55. The van der Waals surface area contributed by atoms with Gasteiger partial charge in [-0.1, -0.05) is 18.2 Å². The molecule has 1 aromatic heterocycles. The number of methoxy groups -OCH3 is 1. The Hall–Kier alpha value is -4.99. The van der Waals surface area contributed by atoms with Crippen molar-refractivity contribution in [2.75, 3.05) is 29.2 Å². The molecule has 42 heavy (non-hydrogen) atoms. The van der Waals surface area contributed by atoms with Gasteiger partial charge in [-0.15, -0.1) is 0 Å². The topological polar surface area (TPSA) is 132 Å². The molecule has 1 aliphatic heterocycles. The van der Waals surface area contributed by atoms with E-state index in [4.69, 9.17) is 9.47 Å². The van der Waals surface area contributed by atoms with Crippen LogP contribution >= 0.6 is 0 Å². The minimum atomic E-state index is -1.03. The third kappa shape index (κ3) is 5.35. The van der Waals surface area contributed by atoms with E-state index in [1.807, 2.05) is 29.0 Å². The van der Waals surface area contributed by atoms with Crippen LogP contribution in [0.2, 0.25) is 0 Å². The quantitative estimate of drug-likeness (QED) is 0.439. The fourth-order valence-electron chi connectivity index (χ4n) is 5.08. The molecule has 11 heteroatoms. The smallest absolute Gasteiger partial charge is 0.420 e. The Morgan fingerprint density at radius 2 is 1.88 bits per heavy atom. The first-order valence-corrected chi connectivity index (χ1v) is 13.4. The average molecular weight is 570 g/mol. The molecular formula is C31H31N5O6. The number of carbonyl (C=O) groups excluding carboxylic acids is 4. The van der Waals surface area contributed by atoms with Gasteiger partial charge in [0.2, 0.25) is 5.91 Å². The Labute approximate surface area is 242 Å². The van der Waals surface area contributed by atoms with Gasteiger partial charge >= 0.3 is 6.09 Å². The predicted octanol–water partition coefficient (Wildman–Crippen LogP) is 4.51. The second kappa shape index (κ2) is 11.1. The molecule has 2 aliphatic rings. The second-order valence-electron chi connectivity index (χ2n) is 10.9. The molecule has 0 bridgehead atoms. The summed E-state index contributed by atoms with van der Waals surface area (Å²) in [7, 11) is 1.40. The van der Waals surface area contributed by atoms with E-state index >= 15 is 0 Å². The summed E-state index contributed by atoms with van der Waals surface area (Å²) >= 11 is 0. The van der Waals surface area contributed by atoms with Crippen molar-refractivity contribution in [1.82, 2.24) is 9.55 Å². The summed E-state index contributed by atoms with van der Waals surface area (Å²) in [5, 5.41) is 5.74. The van der Waals surface area contributed by atoms with Crippen LogP contribution in [-0.2, 0) is 23.9 Å². The highest BCUT2D eigenvalue weighted by atomic mass is 16.6. The number of hydrogen-bond acceptors (Lipinski definition) is 8. The van der Waals surface area contributed by atoms with Gasteiger partial charge in [-0.25, -0.2) is 19.1 Å². The zero-order chi connectivity index (χ0) is 30.2. The monoisotopic (exact) mass is 569 g/mol. The predicted molar refractivity (Wildman–Crippen MR) is 158 cm³/mol. The Bertz CT molecular complexity index is 1720. The summed E-state index contributed by atoms with van der Waals surface area (Å²) in [4.78, 5) is 57.5. The molecule has 0 spiro atoms. The fraction of sp³-hybridized carbons (Fsp3) is 0.290. The van der Waals surface area contributed by atoms with Crippen LogP contribution in [0.25, 0.3) is 11.0 Å². The van der Waals surface area contributed by atoms with Gasteiger partial charge in [-0.05, 0) is 64.1 Å². The molecule has 0 saturated heterocycles. The molecule has 2 aromatic carbocycles. The van der Waals surface area contributed by atoms with E-state index in [0.717, 1.165) is 0 Å². The van der Waals surface area contributed by atoms with Gasteiger partial charge in [0.1, 0.15) is 29.0 Å². The number of anilines is 3. The zero-order valence-corrected chi connectivity index (χ0v) is 24.0. The van der Waals surface area contributed by atoms with Gasteiger partial charge in [-0.2, -0.15) is 0 Å². The van der Waals surface area contributed by atoms with Crippen LogP contribution < -0.4 is 15.5 Å². The molecule has 2 N–H and O–H groups in total. The van der Waals surface area contributed by atoms with Crippen LogP contribution in [0.1, 0.15) is 33.0 Å². The van der Waals surface area contributed by atoms with Gasteiger partial charge in [0.25, 0.3) is 5.91 Å². The maximum absolute atomic E-state index is 13.6. The number of amides is 2. The van der Waals surface area contributed by atoms with E-state index in [-0.39, 0.29) is 23.5 Å². The van der Waals surface area contributed by atoms with Crippen molar-refractivity contribution in [3.05, 3.63) is 77.3 Å². The molecule has 1 aliphatic carbocycles. The number of allylic oxidation sites excluding steroid dienone is 2. The largest absolute Gasteiger partial charge is 0.443 e. The number of aryl methyl sites for hydroxylation is 1. The van der Waals surface area contributed by atoms with Crippen LogP contribution in [0.4, 0.5) is 21.9 Å². The summed E-state index contributed by atoms with van der Waals surface area (Å²) in [5.41, 5.74) is 2.64. The summed E-state index contributed by atoms with van der Waals surface area (Å²) < 4.78 is 12.5. The van der Waals surface area contributed by atoms with Crippen molar-refractivity contribution in [1.29, 1.82) is 0 Å². The number of ether oxygens (including phenoxy) is 2. The molecule has 0 saturated carbocycles. The van der Waals surface area contributed by atoms with Crippen molar-refractivity contribution < 1.29 is 28.7 Å². The zero-order valence-electron chi connectivity index (χ0n) is 24.0. The summed E-state index contributed by atoms with van der Waals surface area (Å²) in [6.07, 6.45) is 1.84. The molecule has 1 atom stereocenters. The highest BCUT2D eigenvalue weighted by Gasteiger charge is 2.35. The molecule has 11 nitrogen and oxygen atoms in total. The molecule has 2 amide bonds. The number of fused-ring (bicyclic) bond motifs is 2. The van der Waals surface area contributed by atoms with Crippen molar-refractivity contribution >= 4 is 51.9 Å². The Balaban J connectivity index is 1.49. The third-order valence-corrected chi connectivity index (χ3v) is 6.85. The minimum Gasteiger partial charge on any atom is -0.443 e. The number of nitrogens with one attached hydrogen (secondary N) is 2.